The van der Waals surface area contributed by atoms with E-state index in [0.29, 0.717) is 6.54 Å². The summed E-state index contributed by atoms with van der Waals surface area (Å²) in [6.07, 6.45) is 5.05. The number of aliphatic carboxylic acids is 1. The average Bonchev–Trinajstić information content (AvgIpc) is 2.71. The monoisotopic (exact) mass is 235 g/mol. The SMILES string of the molecule is CC(c1cnccn1)N1C[C@@H](C)[C@H](C(=O)O)C1. The zero-order valence-electron chi connectivity index (χ0n) is 10.1. The van der Waals surface area contributed by atoms with Crippen molar-refractivity contribution in [2.24, 2.45) is 11.8 Å². The van der Waals surface area contributed by atoms with Crippen LogP contribution >= 0.6 is 0 Å². The Morgan fingerprint density at radius 3 is 2.82 bits per heavy atom. The normalized spacial score (nSPS) is 26.9. The van der Waals surface area contributed by atoms with E-state index in [-0.39, 0.29) is 17.9 Å². The van der Waals surface area contributed by atoms with Crippen LogP contribution in [0.4, 0.5) is 0 Å². The van der Waals surface area contributed by atoms with Crippen LogP contribution in [-0.4, -0.2) is 39.0 Å². The molecular formula is C12H17N3O2. The molecule has 2 rings (SSSR count). The van der Waals surface area contributed by atoms with E-state index < -0.39 is 5.97 Å². The number of carbonyl (C=O) groups is 1. The fourth-order valence-corrected chi connectivity index (χ4v) is 2.36. The van der Waals surface area contributed by atoms with Gasteiger partial charge in [0.25, 0.3) is 0 Å². The van der Waals surface area contributed by atoms with Gasteiger partial charge in [0.05, 0.1) is 17.7 Å². The van der Waals surface area contributed by atoms with Gasteiger partial charge in [-0.05, 0) is 12.8 Å². The molecule has 1 fully saturated rings. The number of aromatic nitrogens is 2. The molecule has 1 aliphatic rings. The van der Waals surface area contributed by atoms with E-state index in [9.17, 15) is 4.79 Å². The van der Waals surface area contributed by atoms with E-state index in [1.807, 2.05) is 13.8 Å². The predicted octanol–water partition coefficient (Wildman–Crippen LogP) is 1.19. The minimum atomic E-state index is -0.702. The van der Waals surface area contributed by atoms with Crippen LogP contribution < -0.4 is 0 Å². The molecular weight excluding hydrogens is 218 g/mol. The minimum absolute atomic E-state index is 0.121. The van der Waals surface area contributed by atoms with E-state index >= 15 is 0 Å². The van der Waals surface area contributed by atoms with E-state index in [1.54, 1.807) is 18.6 Å². The van der Waals surface area contributed by atoms with E-state index in [1.165, 1.54) is 0 Å². The van der Waals surface area contributed by atoms with Crippen molar-refractivity contribution in [1.29, 1.82) is 0 Å². The van der Waals surface area contributed by atoms with Crippen molar-refractivity contribution in [1.82, 2.24) is 14.9 Å². The Balaban J connectivity index is 2.08. The molecule has 1 saturated heterocycles. The van der Waals surface area contributed by atoms with E-state index in [4.69, 9.17) is 5.11 Å². The lowest BCUT2D eigenvalue weighted by Crippen LogP contribution is -2.26. The van der Waals surface area contributed by atoms with Crippen LogP contribution in [0.25, 0.3) is 0 Å². The molecule has 0 radical (unpaired) electrons. The molecule has 1 aromatic heterocycles. The highest BCUT2D eigenvalue weighted by Crippen LogP contribution is 2.29. The average molecular weight is 235 g/mol. The second-order valence-corrected chi connectivity index (χ2v) is 4.68. The van der Waals surface area contributed by atoms with Crippen LogP contribution in [0.15, 0.2) is 18.6 Å². The first-order valence-electron chi connectivity index (χ1n) is 5.82. The summed E-state index contributed by atoms with van der Waals surface area (Å²) in [6, 6.07) is 0.121. The molecule has 1 unspecified atom stereocenters. The maximum atomic E-state index is 11.1. The fourth-order valence-electron chi connectivity index (χ4n) is 2.36. The van der Waals surface area contributed by atoms with Gasteiger partial charge in [-0.1, -0.05) is 6.92 Å². The van der Waals surface area contributed by atoms with Crippen molar-refractivity contribution in [2.45, 2.75) is 19.9 Å². The Hall–Kier alpha value is -1.49. The maximum Gasteiger partial charge on any atom is 0.308 e. The Kier molecular flexibility index (Phi) is 3.38. The predicted molar refractivity (Wildman–Crippen MR) is 62.3 cm³/mol. The summed E-state index contributed by atoms with van der Waals surface area (Å²) < 4.78 is 0. The Morgan fingerprint density at radius 1 is 1.53 bits per heavy atom. The van der Waals surface area contributed by atoms with Gasteiger partial charge >= 0.3 is 5.97 Å². The number of nitrogens with zero attached hydrogens (tertiary/aromatic N) is 3. The van der Waals surface area contributed by atoms with Crippen LogP contribution in [0.5, 0.6) is 0 Å². The van der Waals surface area contributed by atoms with Crippen molar-refractivity contribution < 1.29 is 9.90 Å². The highest BCUT2D eigenvalue weighted by Gasteiger charge is 2.37. The quantitative estimate of drug-likeness (QED) is 0.852. The number of likely N-dealkylation sites (tertiary alicyclic amines) is 1. The van der Waals surface area contributed by atoms with Crippen LogP contribution in [0.2, 0.25) is 0 Å². The molecule has 0 aliphatic carbocycles. The van der Waals surface area contributed by atoms with Gasteiger partial charge in [0, 0.05) is 31.7 Å². The zero-order valence-corrected chi connectivity index (χ0v) is 10.1. The second kappa shape index (κ2) is 4.79. The van der Waals surface area contributed by atoms with Gasteiger partial charge in [-0.3, -0.25) is 19.7 Å². The van der Waals surface area contributed by atoms with Crippen molar-refractivity contribution >= 4 is 5.97 Å². The van der Waals surface area contributed by atoms with Gasteiger partial charge in [0.15, 0.2) is 0 Å². The molecule has 0 spiro atoms. The number of rotatable bonds is 3. The third kappa shape index (κ3) is 2.44. The highest BCUT2D eigenvalue weighted by molar-refractivity contribution is 5.71. The molecule has 17 heavy (non-hydrogen) atoms. The van der Waals surface area contributed by atoms with Crippen molar-refractivity contribution in [3.05, 3.63) is 24.3 Å². The van der Waals surface area contributed by atoms with Crippen molar-refractivity contribution in [3.63, 3.8) is 0 Å². The number of carboxylic acid groups (broad SMARTS) is 1. The lowest BCUT2D eigenvalue weighted by atomic mass is 9.99. The van der Waals surface area contributed by atoms with Crippen molar-refractivity contribution in [3.8, 4) is 0 Å². The molecule has 2 heterocycles. The fraction of sp³-hybridized carbons (Fsp3) is 0.583. The topological polar surface area (TPSA) is 66.3 Å². The molecule has 1 N–H and O–H groups in total. The van der Waals surface area contributed by atoms with Crippen molar-refractivity contribution in [2.75, 3.05) is 13.1 Å². The minimum Gasteiger partial charge on any atom is -0.481 e. The van der Waals surface area contributed by atoms with Gasteiger partial charge in [-0.25, -0.2) is 0 Å². The standard InChI is InChI=1S/C12H17N3O2/c1-8-6-15(7-10(8)12(16)17)9(2)11-5-13-3-4-14-11/h3-5,8-10H,6-7H2,1-2H3,(H,16,17)/t8-,9?,10-/m1/s1. The number of carboxylic acids is 1. The van der Waals surface area contributed by atoms with E-state index in [0.717, 1.165) is 12.2 Å². The molecule has 5 nitrogen and oxygen atoms in total. The van der Waals surface area contributed by atoms with Crippen LogP contribution in [0.3, 0.4) is 0 Å². The maximum absolute atomic E-state index is 11.1. The van der Waals surface area contributed by atoms with E-state index in [2.05, 4.69) is 14.9 Å². The summed E-state index contributed by atoms with van der Waals surface area (Å²) in [5.74, 6) is -0.785. The molecule has 1 aromatic rings. The molecule has 0 amide bonds. The van der Waals surface area contributed by atoms with Gasteiger partial charge < -0.3 is 5.11 Å². The Bertz CT molecular complexity index is 396. The van der Waals surface area contributed by atoms with Gasteiger partial charge in [-0.15, -0.1) is 0 Å². The summed E-state index contributed by atoms with van der Waals surface area (Å²) >= 11 is 0. The summed E-state index contributed by atoms with van der Waals surface area (Å²) in [5.41, 5.74) is 0.894. The van der Waals surface area contributed by atoms with Crippen LogP contribution in [-0.2, 0) is 4.79 Å². The molecule has 0 bridgehead atoms. The van der Waals surface area contributed by atoms with Crippen LogP contribution in [0, 0.1) is 11.8 Å². The molecule has 0 aromatic carbocycles. The summed E-state index contributed by atoms with van der Waals surface area (Å²) in [6.45, 7) is 5.42. The molecule has 3 atom stereocenters. The van der Waals surface area contributed by atoms with Crippen LogP contribution in [0.1, 0.15) is 25.6 Å². The summed E-state index contributed by atoms with van der Waals surface area (Å²) in [4.78, 5) is 21.5. The first-order valence-corrected chi connectivity index (χ1v) is 5.82. The lowest BCUT2D eigenvalue weighted by Gasteiger charge is -2.23. The summed E-state index contributed by atoms with van der Waals surface area (Å²) in [7, 11) is 0. The Labute approximate surface area is 100 Å². The third-order valence-corrected chi connectivity index (χ3v) is 3.52. The summed E-state index contributed by atoms with van der Waals surface area (Å²) in [5, 5.41) is 9.10. The number of hydrogen-bond acceptors (Lipinski definition) is 4. The van der Waals surface area contributed by atoms with Gasteiger partial charge in [0.1, 0.15) is 0 Å². The molecule has 0 saturated carbocycles. The first-order chi connectivity index (χ1) is 8.09. The number of hydrogen-bond donors (Lipinski definition) is 1. The highest BCUT2D eigenvalue weighted by atomic mass is 16.4. The molecule has 5 heteroatoms. The lowest BCUT2D eigenvalue weighted by molar-refractivity contribution is -0.142. The largest absolute Gasteiger partial charge is 0.481 e. The smallest absolute Gasteiger partial charge is 0.308 e. The molecule has 1 aliphatic heterocycles. The zero-order chi connectivity index (χ0) is 12.4. The van der Waals surface area contributed by atoms with Gasteiger partial charge in [0.2, 0.25) is 0 Å². The third-order valence-electron chi connectivity index (χ3n) is 3.52. The second-order valence-electron chi connectivity index (χ2n) is 4.68. The first kappa shape index (κ1) is 12.0. The van der Waals surface area contributed by atoms with Gasteiger partial charge in [-0.2, -0.15) is 0 Å². The molecule has 92 valence electrons. The Morgan fingerprint density at radius 2 is 2.29 bits per heavy atom.